The number of aromatic nitrogens is 4. The van der Waals surface area contributed by atoms with E-state index in [1.807, 2.05) is 57.2 Å². The first-order chi connectivity index (χ1) is 15.5. The summed E-state index contributed by atoms with van der Waals surface area (Å²) in [6.07, 6.45) is 0. The van der Waals surface area contributed by atoms with Gasteiger partial charge in [0, 0.05) is 11.4 Å². The Morgan fingerprint density at radius 1 is 1.19 bits per heavy atom. The molecule has 2 aromatic carbocycles. The molecule has 0 aliphatic rings. The second-order valence-electron chi connectivity index (χ2n) is 7.21. The van der Waals surface area contributed by atoms with Crippen LogP contribution in [0.3, 0.4) is 0 Å². The molecule has 0 radical (unpaired) electrons. The van der Waals surface area contributed by atoms with E-state index in [0.29, 0.717) is 28.5 Å². The topological polar surface area (TPSA) is 109 Å². The normalized spacial score (nSPS) is 11.0. The molecule has 32 heavy (non-hydrogen) atoms. The van der Waals surface area contributed by atoms with Gasteiger partial charge in [0.2, 0.25) is 5.91 Å². The number of ether oxygens (including phenoxy) is 1. The third kappa shape index (κ3) is 4.38. The third-order valence-electron chi connectivity index (χ3n) is 4.92. The second kappa shape index (κ2) is 9.27. The Bertz CT molecular complexity index is 1330. The fourth-order valence-corrected chi connectivity index (χ4v) is 4.19. The molecule has 0 spiro atoms. The van der Waals surface area contributed by atoms with Crippen LogP contribution in [-0.4, -0.2) is 38.0 Å². The van der Waals surface area contributed by atoms with E-state index in [4.69, 9.17) is 10.1 Å². The number of rotatable bonds is 7. The fraction of sp³-hybridized carbons (Fsp3) is 0.217. The molecule has 4 rings (SSSR count). The van der Waals surface area contributed by atoms with Crippen LogP contribution in [0.25, 0.3) is 16.7 Å². The Kier molecular flexibility index (Phi) is 6.27. The highest BCUT2D eigenvalue weighted by Crippen LogP contribution is 2.24. The lowest BCUT2D eigenvalue weighted by Crippen LogP contribution is -2.23. The Morgan fingerprint density at radius 2 is 1.94 bits per heavy atom. The molecule has 0 aliphatic heterocycles. The largest absolute Gasteiger partial charge is 0.494 e. The lowest BCUT2D eigenvalue weighted by atomic mass is 10.2. The number of amides is 1. The lowest BCUT2D eigenvalue weighted by Gasteiger charge is -2.15. The van der Waals surface area contributed by atoms with Gasteiger partial charge in [0.05, 0.1) is 23.4 Å². The van der Waals surface area contributed by atoms with E-state index >= 15 is 0 Å². The number of aryl methyl sites for hydroxylation is 2. The summed E-state index contributed by atoms with van der Waals surface area (Å²) in [6, 6.07) is 15.1. The SMILES string of the molecule is CCOc1ccc(NC(=O)CSc2nc3n[nH]c(C)c3c(=N)n2-c2ccccc2C)cc1. The summed E-state index contributed by atoms with van der Waals surface area (Å²) in [7, 11) is 0. The van der Waals surface area contributed by atoms with E-state index in [-0.39, 0.29) is 17.1 Å². The number of H-pyrrole nitrogens is 1. The molecule has 0 aliphatic carbocycles. The molecular formula is C23H24N6O2S. The summed E-state index contributed by atoms with van der Waals surface area (Å²) in [5.41, 5.74) is 4.08. The molecule has 4 aromatic rings. The molecule has 9 heteroatoms. The van der Waals surface area contributed by atoms with Gasteiger partial charge in [0.25, 0.3) is 0 Å². The van der Waals surface area contributed by atoms with Crippen LogP contribution in [0.1, 0.15) is 18.2 Å². The highest BCUT2D eigenvalue weighted by atomic mass is 32.2. The quantitative estimate of drug-likeness (QED) is 0.293. The number of fused-ring (bicyclic) bond motifs is 1. The second-order valence-corrected chi connectivity index (χ2v) is 8.15. The molecule has 0 bridgehead atoms. The van der Waals surface area contributed by atoms with Gasteiger partial charge in [0.1, 0.15) is 11.2 Å². The lowest BCUT2D eigenvalue weighted by molar-refractivity contribution is -0.113. The van der Waals surface area contributed by atoms with Crippen molar-refractivity contribution in [3.8, 4) is 11.4 Å². The van der Waals surface area contributed by atoms with Crippen molar-refractivity contribution in [2.45, 2.75) is 25.9 Å². The summed E-state index contributed by atoms with van der Waals surface area (Å²) in [6.45, 7) is 6.37. The van der Waals surface area contributed by atoms with E-state index in [1.54, 1.807) is 16.7 Å². The van der Waals surface area contributed by atoms with Crippen molar-refractivity contribution >= 4 is 34.4 Å². The number of anilines is 1. The van der Waals surface area contributed by atoms with Crippen molar-refractivity contribution in [2.24, 2.45) is 0 Å². The highest BCUT2D eigenvalue weighted by Gasteiger charge is 2.17. The minimum absolute atomic E-state index is 0.139. The zero-order chi connectivity index (χ0) is 22.7. The average molecular weight is 449 g/mol. The number of thioether (sulfide) groups is 1. The number of carbonyl (C=O) groups is 1. The van der Waals surface area contributed by atoms with Crippen LogP contribution in [0.2, 0.25) is 0 Å². The monoisotopic (exact) mass is 448 g/mol. The third-order valence-corrected chi connectivity index (χ3v) is 5.86. The first-order valence-electron chi connectivity index (χ1n) is 10.2. The van der Waals surface area contributed by atoms with E-state index < -0.39 is 0 Å². The van der Waals surface area contributed by atoms with Gasteiger partial charge in [-0.25, -0.2) is 4.98 Å². The summed E-state index contributed by atoms with van der Waals surface area (Å²) in [5, 5.41) is 20.0. The molecule has 164 valence electrons. The minimum Gasteiger partial charge on any atom is -0.494 e. The molecule has 0 saturated heterocycles. The van der Waals surface area contributed by atoms with Gasteiger partial charge in [-0.15, -0.1) is 0 Å². The molecule has 3 N–H and O–H groups in total. The van der Waals surface area contributed by atoms with E-state index in [1.165, 1.54) is 11.8 Å². The standard InChI is InChI=1S/C23H24N6O2S/c1-4-31-17-11-9-16(10-12-17)25-19(30)13-32-23-26-22-20(15(3)27-28-22)21(24)29(23)18-8-6-5-7-14(18)2/h5-12,24H,4,13H2,1-3H3,(H,25,30)(H,27,28). The average Bonchev–Trinajstić information content (AvgIpc) is 3.15. The maximum Gasteiger partial charge on any atom is 0.234 e. The minimum atomic E-state index is -0.165. The van der Waals surface area contributed by atoms with Gasteiger partial charge in [0.15, 0.2) is 10.8 Å². The maximum atomic E-state index is 12.6. The van der Waals surface area contributed by atoms with Crippen LogP contribution in [0.15, 0.2) is 53.7 Å². The van der Waals surface area contributed by atoms with Gasteiger partial charge in [-0.1, -0.05) is 30.0 Å². The fourth-order valence-electron chi connectivity index (χ4n) is 3.39. The molecule has 0 fully saturated rings. The Labute approximate surface area is 189 Å². The van der Waals surface area contributed by atoms with Crippen LogP contribution >= 0.6 is 11.8 Å². The Morgan fingerprint density at radius 3 is 2.66 bits per heavy atom. The molecule has 0 atom stereocenters. The van der Waals surface area contributed by atoms with Gasteiger partial charge in [-0.05, 0) is 56.7 Å². The van der Waals surface area contributed by atoms with Crippen LogP contribution in [-0.2, 0) is 4.79 Å². The molecule has 0 saturated carbocycles. The predicted octanol–water partition coefficient (Wildman–Crippen LogP) is 3.97. The summed E-state index contributed by atoms with van der Waals surface area (Å²) < 4.78 is 7.20. The van der Waals surface area contributed by atoms with Crippen LogP contribution in [0, 0.1) is 19.3 Å². The van der Waals surface area contributed by atoms with Gasteiger partial charge >= 0.3 is 0 Å². The number of hydrogen-bond acceptors (Lipinski definition) is 6. The number of para-hydroxylation sites is 1. The molecule has 2 aromatic heterocycles. The number of hydrogen-bond donors (Lipinski definition) is 3. The predicted molar refractivity (Wildman–Crippen MR) is 126 cm³/mol. The van der Waals surface area contributed by atoms with Crippen LogP contribution in [0.4, 0.5) is 5.69 Å². The Hall–Kier alpha value is -3.59. The first-order valence-corrected chi connectivity index (χ1v) is 11.2. The highest BCUT2D eigenvalue weighted by molar-refractivity contribution is 7.99. The molecule has 8 nitrogen and oxygen atoms in total. The van der Waals surface area contributed by atoms with Crippen molar-refractivity contribution in [1.29, 1.82) is 5.41 Å². The summed E-state index contributed by atoms with van der Waals surface area (Å²) >= 11 is 1.27. The number of benzene rings is 2. The zero-order valence-corrected chi connectivity index (χ0v) is 18.9. The number of aromatic amines is 1. The van der Waals surface area contributed by atoms with E-state index in [9.17, 15) is 4.79 Å². The van der Waals surface area contributed by atoms with Crippen molar-refractivity contribution < 1.29 is 9.53 Å². The van der Waals surface area contributed by atoms with Crippen molar-refractivity contribution in [3.63, 3.8) is 0 Å². The maximum absolute atomic E-state index is 12.6. The number of carbonyl (C=O) groups excluding carboxylic acids is 1. The molecular weight excluding hydrogens is 424 g/mol. The van der Waals surface area contributed by atoms with E-state index in [2.05, 4.69) is 20.5 Å². The van der Waals surface area contributed by atoms with E-state index in [0.717, 1.165) is 22.7 Å². The molecule has 2 heterocycles. The Balaban J connectivity index is 1.61. The molecule has 1 amide bonds. The van der Waals surface area contributed by atoms with Crippen LogP contribution in [0.5, 0.6) is 5.75 Å². The van der Waals surface area contributed by atoms with Gasteiger partial charge in [-0.3, -0.25) is 19.9 Å². The number of nitrogens with zero attached hydrogens (tertiary/aromatic N) is 3. The van der Waals surface area contributed by atoms with Gasteiger partial charge in [-0.2, -0.15) is 5.10 Å². The number of nitrogens with one attached hydrogen (secondary N) is 3. The summed E-state index contributed by atoms with van der Waals surface area (Å²) in [4.78, 5) is 17.2. The van der Waals surface area contributed by atoms with Crippen molar-refractivity contribution in [2.75, 3.05) is 17.7 Å². The van der Waals surface area contributed by atoms with Crippen LogP contribution < -0.4 is 15.5 Å². The molecule has 0 unspecified atom stereocenters. The zero-order valence-electron chi connectivity index (χ0n) is 18.1. The first kappa shape index (κ1) is 21.6. The van der Waals surface area contributed by atoms with Crippen molar-refractivity contribution in [1.82, 2.24) is 19.7 Å². The van der Waals surface area contributed by atoms with Gasteiger partial charge < -0.3 is 10.1 Å². The summed E-state index contributed by atoms with van der Waals surface area (Å²) in [5.74, 6) is 0.733. The van der Waals surface area contributed by atoms with Crippen molar-refractivity contribution in [3.05, 3.63) is 65.3 Å². The smallest absolute Gasteiger partial charge is 0.234 e.